The number of hydrogen-bond acceptors (Lipinski definition) is 4. The number of fused-ring (bicyclic) bond motifs is 1. The van der Waals surface area contributed by atoms with Crippen LogP contribution in [0.4, 0.5) is 5.82 Å². The van der Waals surface area contributed by atoms with Crippen LogP contribution in [0, 0.1) is 18.8 Å². The van der Waals surface area contributed by atoms with E-state index in [0.29, 0.717) is 0 Å². The van der Waals surface area contributed by atoms with Gasteiger partial charge in [-0.05, 0) is 73.2 Å². The highest BCUT2D eigenvalue weighted by atomic mass is 35.5. The summed E-state index contributed by atoms with van der Waals surface area (Å²) in [4.78, 5) is 13.4. The van der Waals surface area contributed by atoms with Crippen molar-refractivity contribution in [3.05, 3.63) is 89.2 Å². The number of halogens is 1. The molecule has 1 aliphatic rings. The van der Waals surface area contributed by atoms with Gasteiger partial charge in [0, 0.05) is 34.3 Å². The van der Waals surface area contributed by atoms with Crippen LogP contribution in [-0.4, -0.2) is 24.1 Å². The summed E-state index contributed by atoms with van der Waals surface area (Å²) in [6.07, 6.45) is 6.96. The number of aromatic nitrogens is 2. The van der Waals surface area contributed by atoms with E-state index < -0.39 is 0 Å². The Morgan fingerprint density at radius 3 is 2.00 bits per heavy atom. The average molecular weight is 548 g/mol. The van der Waals surface area contributed by atoms with Gasteiger partial charge in [0.2, 0.25) is 0 Å². The molecule has 0 radical (unpaired) electrons. The Labute approximate surface area is 239 Å². The SMILES string of the molecule is CC1CCC(C)CC1.CCc1ccccc1Sc1ccc(Cl)cc1.Cc1nc(N(C)C)c2ccccc2n1. The summed E-state index contributed by atoms with van der Waals surface area (Å²) in [5, 5.41) is 1.89. The minimum atomic E-state index is 0.785. The molecule has 1 heterocycles. The second-order valence-electron chi connectivity index (χ2n) is 10.4. The highest BCUT2D eigenvalue weighted by Gasteiger charge is 2.13. The largest absolute Gasteiger partial charge is 0.362 e. The fraction of sp³-hybridized carbons (Fsp3) is 0.394. The second kappa shape index (κ2) is 15.1. The van der Waals surface area contributed by atoms with Crippen molar-refractivity contribution in [2.24, 2.45) is 11.8 Å². The standard InChI is InChI=1S/C14H13ClS.C11H13N3.C8H16/c1-2-11-5-3-4-6-14(11)16-13-9-7-12(15)8-10-13;1-8-12-10-7-5-4-6-9(10)11(13-8)14(2)3;1-7-3-5-8(2)6-4-7/h3-10H,2H2,1H3;4-7H,1-3H3;7-8H,3-6H2,1-2H3. The number of anilines is 1. The maximum atomic E-state index is 5.86. The normalized spacial score (nSPS) is 16.6. The van der Waals surface area contributed by atoms with E-state index in [1.165, 1.54) is 41.0 Å². The van der Waals surface area contributed by atoms with Crippen molar-refractivity contribution in [2.75, 3.05) is 19.0 Å². The summed E-state index contributed by atoms with van der Waals surface area (Å²) >= 11 is 7.65. The number of hydrogen-bond donors (Lipinski definition) is 0. The van der Waals surface area contributed by atoms with Crippen molar-refractivity contribution in [3.8, 4) is 0 Å². The van der Waals surface area contributed by atoms with Crippen LogP contribution in [0.25, 0.3) is 10.9 Å². The van der Waals surface area contributed by atoms with Crippen molar-refractivity contribution in [2.45, 2.75) is 69.6 Å². The zero-order chi connectivity index (χ0) is 27.5. The third kappa shape index (κ3) is 9.32. The van der Waals surface area contributed by atoms with E-state index in [-0.39, 0.29) is 0 Å². The molecule has 1 aromatic heterocycles. The topological polar surface area (TPSA) is 29.0 Å². The molecule has 202 valence electrons. The van der Waals surface area contributed by atoms with Crippen LogP contribution < -0.4 is 4.90 Å². The lowest BCUT2D eigenvalue weighted by atomic mass is 9.84. The second-order valence-corrected chi connectivity index (χ2v) is 11.9. The molecule has 1 saturated carbocycles. The van der Waals surface area contributed by atoms with Gasteiger partial charge in [-0.3, -0.25) is 0 Å². The quantitative estimate of drug-likeness (QED) is 0.254. The van der Waals surface area contributed by atoms with E-state index in [4.69, 9.17) is 11.6 Å². The van der Waals surface area contributed by atoms with Gasteiger partial charge < -0.3 is 4.90 Å². The summed E-state index contributed by atoms with van der Waals surface area (Å²) in [6.45, 7) is 8.83. The first kappa shape index (κ1) is 30.0. The van der Waals surface area contributed by atoms with E-state index in [1.807, 2.05) is 62.3 Å². The molecule has 5 rings (SSSR count). The van der Waals surface area contributed by atoms with Gasteiger partial charge in [-0.1, -0.05) is 100 Å². The summed E-state index contributed by atoms with van der Waals surface area (Å²) in [5.74, 6) is 3.83. The summed E-state index contributed by atoms with van der Waals surface area (Å²) in [6, 6.07) is 24.5. The maximum Gasteiger partial charge on any atom is 0.139 e. The van der Waals surface area contributed by atoms with Crippen LogP contribution in [-0.2, 0) is 6.42 Å². The molecule has 3 aromatic carbocycles. The van der Waals surface area contributed by atoms with Crippen molar-refractivity contribution >= 4 is 40.1 Å². The number of benzene rings is 3. The molecule has 0 unspecified atom stereocenters. The molecule has 0 N–H and O–H groups in total. The van der Waals surface area contributed by atoms with Crippen molar-refractivity contribution in [1.29, 1.82) is 0 Å². The Morgan fingerprint density at radius 1 is 0.816 bits per heavy atom. The minimum absolute atomic E-state index is 0.785. The van der Waals surface area contributed by atoms with Gasteiger partial charge in [-0.25, -0.2) is 9.97 Å². The van der Waals surface area contributed by atoms with Crippen LogP contribution in [0.15, 0.2) is 82.6 Å². The predicted molar refractivity (Wildman–Crippen MR) is 167 cm³/mol. The van der Waals surface area contributed by atoms with Gasteiger partial charge >= 0.3 is 0 Å². The molecule has 0 amide bonds. The average Bonchev–Trinajstić information content (AvgIpc) is 2.92. The van der Waals surface area contributed by atoms with Crippen LogP contribution in [0.5, 0.6) is 0 Å². The van der Waals surface area contributed by atoms with Crippen LogP contribution >= 0.6 is 23.4 Å². The number of para-hydroxylation sites is 1. The lowest BCUT2D eigenvalue weighted by molar-refractivity contribution is 0.308. The van der Waals surface area contributed by atoms with Crippen molar-refractivity contribution in [1.82, 2.24) is 9.97 Å². The van der Waals surface area contributed by atoms with Crippen LogP contribution in [0.2, 0.25) is 5.02 Å². The molecule has 4 aromatic rings. The molecule has 0 saturated heterocycles. The molecule has 0 spiro atoms. The van der Waals surface area contributed by atoms with Gasteiger partial charge in [0.15, 0.2) is 0 Å². The van der Waals surface area contributed by atoms with Crippen molar-refractivity contribution in [3.63, 3.8) is 0 Å². The van der Waals surface area contributed by atoms with E-state index >= 15 is 0 Å². The lowest BCUT2D eigenvalue weighted by Crippen LogP contribution is -2.12. The minimum Gasteiger partial charge on any atom is -0.362 e. The Hall–Kier alpha value is -2.56. The highest BCUT2D eigenvalue weighted by Crippen LogP contribution is 2.31. The fourth-order valence-corrected chi connectivity index (χ4v) is 5.61. The number of rotatable bonds is 4. The molecule has 5 heteroatoms. The molecule has 1 aliphatic carbocycles. The van der Waals surface area contributed by atoms with Gasteiger partial charge in [-0.2, -0.15) is 0 Å². The van der Waals surface area contributed by atoms with Crippen LogP contribution in [0.3, 0.4) is 0 Å². The molecule has 0 atom stereocenters. The molecule has 38 heavy (non-hydrogen) atoms. The third-order valence-electron chi connectivity index (χ3n) is 6.82. The lowest BCUT2D eigenvalue weighted by Gasteiger charge is -2.22. The third-order valence-corrected chi connectivity index (χ3v) is 8.20. The van der Waals surface area contributed by atoms with E-state index in [2.05, 4.69) is 67.1 Å². The summed E-state index contributed by atoms with van der Waals surface area (Å²) in [5.41, 5.74) is 2.39. The van der Waals surface area contributed by atoms with Gasteiger partial charge in [-0.15, -0.1) is 0 Å². The first-order chi connectivity index (χ1) is 18.3. The monoisotopic (exact) mass is 547 g/mol. The van der Waals surface area contributed by atoms with E-state index in [9.17, 15) is 0 Å². The Morgan fingerprint density at radius 2 is 1.39 bits per heavy atom. The first-order valence-corrected chi connectivity index (χ1v) is 14.9. The maximum absolute atomic E-state index is 5.86. The summed E-state index contributed by atoms with van der Waals surface area (Å²) < 4.78 is 0. The van der Waals surface area contributed by atoms with Gasteiger partial charge in [0.05, 0.1) is 5.52 Å². The number of aryl methyl sites for hydroxylation is 2. The Kier molecular flexibility index (Phi) is 11.9. The van der Waals surface area contributed by atoms with Crippen molar-refractivity contribution < 1.29 is 0 Å². The van der Waals surface area contributed by atoms with Gasteiger partial charge in [0.1, 0.15) is 11.6 Å². The smallest absolute Gasteiger partial charge is 0.139 e. The Balaban J connectivity index is 0.000000166. The molecular weight excluding hydrogens is 506 g/mol. The Bertz CT molecular complexity index is 1250. The predicted octanol–water partition coefficient (Wildman–Crippen LogP) is 9.89. The molecule has 3 nitrogen and oxygen atoms in total. The fourth-order valence-electron chi connectivity index (χ4n) is 4.47. The zero-order valence-corrected chi connectivity index (χ0v) is 25.3. The summed E-state index contributed by atoms with van der Waals surface area (Å²) in [7, 11) is 3.99. The first-order valence-electron chi connectivity index (χ1n) is 13.7. The number of nitrogens with zero attached hydrogens (tertiary/aromatic N) is 3. The molecule has 1 fully saturated rings. The molecule has 0 bridgehead atoms. The van der Waals surface area contributed by atoms with Gasteiger partial charge in [0.25, 0.3) is 0 Å². The molecular formula is C33H42ClN3S. The van der Waals surface area contributed by atoms with E-state index in [1.54, 1.807) is 11.8 Å². The zero-order valence-electron chi connectivity index (χ0n) is 23.7. The highest BCUT2D eigenvalue weighted by molar-refractivity contribution is 7.99. The molecule has 0 aliphatic heterocycles. The van der Waals surface area contributed by atoms with Crippen LogP contribution in [0.1, 0.15) is 57.8 Å². The van der Waals surface area contributed by atoms with E-state index in [0.717, 1.165) is 45.8 Å².